The molecule has 0 saturated carbocycles. The van der Waals surface area contributed by atoms with Crippen molar-refractivity contribution in [3.8, 4) is 11.1 Å². The number of rotatable bonds is 5. The first kappa shape index (κ1) is 22.6. The first-order valence-corrected chi connectivity index (χ1v) is 11.2. The van der Waals surface area contributed by atoms with Crippen molar-refractivity contribution in [1.29, 1.82) is 0 Å². The van der Waals surface area contributed by atoms with Crippen LogP contribution in [0.1, 0.15) is 34.0 Å². The summed E-state index contributed by atoms with van der Waals surface area (Å²) in [6, 6.07) is 14.8. The number of aliphatic hydroxyl groups is 1. The number of anilines is 1. The molecule has 1 saturated heterocycles. The van der Waals surface area contributed by atoms with Gasteiger partial charge in [0.25, 0.3) is 5.91 Å². The van der Waals surface area contributed by atoms with Crippen LogP contribution in [0, 0.1) is 0 Å². The predicted molar refractivity (Wildman–Crippen MR) is 125 cm³/mol. The number of β-amino-alcohol motifs (C(OH)–C–C–N with tert-alkyl or cyclic N) is 1. The number of carbonyl (C=O) groups is 3. The zero-order valence-electron chi connectivity index (χ0n) is 18.9. The van der Waals surface area contributed by atoms with Gasteiger partial charge in [-0.3, -0.25) is 14.8 Å². The molecular formula is C25H24N4O6. The molecule has 10 heteroatoms. The minimum Gasteiger partial charge on any atom is -0.480 e. The lowest BCUT2D eigenvalue weighted by atomic mass is 9.98. The molecule has 1 aliphatic heterocycles. The van der Waals surface area contributed by atoms with E-state index in [4.69, 9.17) is 4.74 Å². The van der Waals surface area contributed by atoms with Crippen molar-refractivity contribution in [3.05, 3.63) is 71.5 Å². The van der Waals surface area contributed by atoms with Gasteiger partial charge in [-0.25, -0.2) is 9.59 Å². The zero-order valence-corrected chi connectivity index (χ0v) is 18.9. The van der Waals surface area contributed by atoms with Crippen molar-refractivity contribution < 1.29 is 29.3 Å². The molecule has 10 nitrogen and oxygen atoms in total. The Kier molecular flexibility index (Phi) is 5.73. The van der Waals surface area contributed by atoms with Crippen molar-refractivity contribution in [2.45, 2.75) is 24.5 Å². The van der Waals surface area contributed by atoms with Gasteiger partial charge >= 0.3 is 12.1 Å². The summed E-state index contributed by atoms with van der Waals surface area (Å²) in [5.41, 5.74) is 4.34. The first-order valence-electron chi connectivity index (χ1n) is 11.2. The number of aliphatic hydroxyl groups excluding tert-OH is 1. The number of hydrogen-bond acceptors (Lipinski definition) is 6. The summed E-state index contributed by atoms with van der Waals surface area (Å²) >= 11 is 0. The molecule has 2 aliphatic rings. The number of aliphatic carboxylic acids is 1. The Hall–Kier alpha value is -4.18. The standard InChI is InChI=1S/C25H24N4O6/c1-28-12-20(22(27-28)23(31)29-11-14(30)10-21(29)24(32)33)26-25(34)35-13-19-17-8-4-2-6-15(17)16-7-3-5-9-18(16)19/h2-9,12,14,19,21,30H,10-11,13H2,1H3,(H,26,34)(H,32,33)/t14-,21+/m1/s1. The number of carboxylic acid groups (broad SMARTS) is 1. The van der Waals surface area contributed by atoms with Gasteiger partial charge in [-0.15, -0.1) is 0 Å². The Morgan fingerprint density at radius 2 is 1.71 bits per heavy atom. The average molecular weight is 476 g/mol. The summed E-state index contributed by atoms with van der Waals surface area (Å²) in [7, 11) is 1.58. The minimum atomic E-state index is -1.21. The lowest BCUT2D eigenvalue weighted by Crippen LogP contribution is -2.41. The molecule has 1 aliphatic carbocycles. The summed E-state index contributed by atoms with van der Waals surface area (Å²) in [5.74, 6) is -2.02. The number of aryl methyl sites for hydroxylation is 1. The Morgan fingerprint density at radius 3 is 2.34 bits per heavy atom. The molecule has 2 atom stereocenters. The third-order valence-corrected chi connectivity index (χ3v) is 6.44. The van der Waals surface area contributed by atoms with E-state index in [0.29, 0.717) is 0 Å². The van der Waals surface area contributed by atoms with Crippen LogP contribution in [-0.2, 0) is 16.6 Å². The van der Waals surface area contributed by atoms with Gasteiger partial charge in [-0.05, 0) is 22.3 Å². The lowest BCUT2D eigenvalue weighted by Gasteiger charge is -2.20. The number of carboxylic acids is 1. The van der Waals surface area contributed by atoms with E-state index in [1.807, 2.05) is 48.5 Å². The van der Waals surface area contributed by atoms with Crippen LogP contribution >= 0.6 is 0 Å². The van der Waals surface area contributed by atoms with Crippen LogP contribution < -0.4 is 5.32 Å². The van der Waals surface area contributed by atoms with E-state index in [9.17, 15) is 24.6 Å². The largest absolute Gasteiger partial charge is 0.480 e. The summed E-state index contributed by atoms with van der Waals surface area (Å²) in [6.45, 7) is -0.0282. The SMILES string of the molecule is Cn1cc(NC(=O)OCC2c3ccccc3-c3ccccc32)c(C(=O)N2C[C@H](O)C[C@H]2C(=O)O)n1. The maximum absolute atomic E-state index is 13.0. The fourth-order valence-electron chi connectivity index (χ4n) is 4.89. The van der Waals surface area contributed by atoms with E-state index in [0.717, 1.165) is 27.2 Å². The Balaban J connectivity index is 1.31. The summed E-state index contributed by atoms with van der Waals surface area (Å²) in [5, 5.41) is 26.0. The summed E-state index contributed by atoms with van der Waals surface area (Å²) < 4.78 is 6.89. The van der Waals surface area contributed by atoms with Crippen LogP contribution in [0.4, 0.5) is 10.5 Å². The molecule has 0 bridgehead atoms. The number of ether oxygens (including phenoxy) is 1. The van der Waals surface area contributed by atoms with Gasteiger partial charge in [0.1, 0.15) is 12.6 Å². The van der Waals surface area contributed by atoms with Crippen molar-refractivity contribution >= 4 is 23.7 Å². The van der Waals surface area contributed by atoms with E-state index >= 15 is 0 Å². The number of aromatic nitrogens is 2. The highest BCUT2D eigenvalue weighted by atomic mass is 16.5. The second-order valence-electron chi connectivity index (χ2n) is 8.72. The number of amides is 2. The van der Waals surface area contributed by atoms with Gasteiger partial charge in [0.2, 0.25) is 0 Å². The number of nitrogens with one attached hydrogen (secondary N) is 1. The molecule has 2 heterocycles. The van der Waals surface area contributed by atoms with Crippen LogP contribution in [0.2, 0.25) is 0 Å². The van der Waals surface area contributed by atoms with Crippen molar-refractivity contribution in [2.75, 3.05) is 18.5 Å². The highest BCUT2D eigenvalue weighted by Crippen LogP contribution is 2.44. The van der Waals surface area contributed by atoms with Gasteiger partial charge in [0.05, 0.1) is 11.8 Å². The first-order chi connectivity index (χ1) is 16.8. The third-order valence-electron chi connectivity index (χ3n) is 6.44. The Morgan fingerprint density at radius 1 is 1.09 bits per heavy atom. The zero-order chi connectivity index (χ0) is 24.7. The number of hydrogen-bond donors (Lipinski definition) is 3. The van der Waals surface area contributed by atoms with E-state index in [2.05, 4.69) is 10.4 Å². The van der Waals surface area contributed by atoms with Gasteiger partial charge in [-0.1, -0.05) is 48.5 Å². The van der Waals surface area contributed by atoms with Gasteiger partial charge < -0.3 is 19.8 Å². The number of likely N-dealkylation sites (tertiary alicyclic amines) is 1. The minimum absolute atomic E-state index is 0.0664. The highest BCUT2D eigenvalue weighted by Gasteiger charge is 2.41. The van der Waals surface area contributed by atoms with E-state index in [-0.39, 0.29) is 36.9 Å². The van der Waals surface area contributed by atoms with Crippen LogP contribution in [0.15, 0.2) is 54.7 Å². The number of carbonyl (C=O) groups excluding carboxylic acids is 2. The van der Waals surface area contributed by atoms with Gasteiger partial charge in [0, 0.05) is 32.1 Å². The molecule has 1 fully saturated rings. The molecule has 3 aromatic rings. The number of nitrogens with zero attached hydrogens (tertiary/aromatic N) is 3. The monoisotopic (exact) mass is 476 g/mol. The topological polar surface area (TPSA) is 134 Å². The molecule has 180 valence electrons. The van der Waals surface area contributed by atoms with E-state index in [1.165, 1.54) is 10.9 Å². The van der Waals surface area contributed by atoms with E-state index < -0.39 is 30.1 Å². The maximum atomic E-state index is 13.0. The van der Waals surface area contributed by atoms with Crippen molar-refractivity contribution in [2.24, 2.45) is 7.05 Å². The Bertz CT molecular complexity index is 1270. The van der Waals surface area contributed by atoms with Crippen molar-refractivity contribution in [1.82, 2.24) is 14.7 Å². The quantitative estimate of drug-likeness (QED) is 0.515. The molecule has 2 amide bonds. The highest BCUT2D eigenvalue weighted by molar-refractivity contribution is 6.02. The Labute approximate surface area is 200 Å². The molecule has 0 unspecified atom stereocenters. The van der Waals surface area contributed by atoms with Gasteiger partial charge in [0.15, 0.2) is 5.69 Å². The third kappa shape index (κ3) is 4.12. The summed E-state index contributed by atoms with van der Waals surface area (Å²) in [4.78, 5) is 38.3. The molecule has 1 aromatic heterocycles. The van der Waals surface area contributed by atoms with Crippen LogP contribution in [0.3, 0.4) is 0 Å². The smallest absolute Gasteiger partial charge is 0.411 e. The molecule has 5 rings (SSSR count). The second-order valence-corrected chi connectivity index (χ2v) is 8.72. The van der Waals surface area contributed by atoms with Crippen LogP contribution in [0.25, 0.3) is 11.1 Å². The van der Waals surface area contributed by atoms with Crippen LogP contribution in [0.5, 0.6) is 0 Å². The number of fused-ring (bicyclic) bond motifs is 3. The molecule has 3 N–H and O–H groups in total. The van der Waals surface area contributed by atoms with E-state index in [1.54, 1.807) is 7.05 Å². The summed E-state index contributed by atoms with van der Waals surface area (Å²) in [6.07, 6.45) is -0.326. The average Bonchev–Trinajstić information content (AvgIpc) is 3.50. The molecule has 0 spiro atoms. The van der Waals surface area contributed by atoms with Crippen molar-refractivity contribution in [3.63, 3.8) is 0 Å². The fraction of sp³-hybridized carbons (Fsp3) is 0.280. The van der Waals surface area contributed by atoms with Crippen LogP contribution in [-0.4, -0.2) is 68.2 Å². The molecular weight excluding hydrogens is 452 g/mol. The predicted octanol–water partition coefficient (Wildman–Crippen LogP) is 2.44. The van der Waals surface area contributed by atoms with Gasteiger partial charge in [-0.2, -0.15) is 5.10 Å². The molecule has 2 aromatic carbocycles. The fourth-order valence-corrected chi connectivity index (χ4v) is 4.89. The molecule has 35 heavy (non-hydrogen) atoms. The molecule has 0 radical (unpaired) electrons. The lowest BCUT2D eigenvalue weighted by molar-refractivity contribution is -0.141. The number of benzene rings is 2. The normalized spacial score (nSPS) is 18.7. The maximum Gasteiger partial charge on any atom is 0.411 e. The second kappa shape index (κ2) is 8.88.